The predicted octanol–water partition coefficient (Wildman–Crippen LogP) is 3.44. The SMILES string of the molecule is CC[C@@H](CC(=O)NCc1c(C(=O)O)cnn1C)NC(=O)OCC1c2ccccc2-c2ccccc21. The van der Waals surface area contributed by atoms with Crippen molar-refractivity contribution in [2.45, 2.75) is 38.3 Å². The van der Waals surface area contributed by atoms with Crippen molar-refractivity contribution >= 4 is 18.0 Å². The Morgan fingerprint density at radius 2 is 1.71 bits per heavy atom. The maximum absolute atomic E-state index is 12.5. The number of alkyl carbamates (subject to hydrolysis) is 1. The van der Waals surface area contributed by atoms with Gasteiger partial charge in [0.05, 0.1) is 18.4 Å². The number of carboxylic acids is 1. The summed E-state index contributed by atoms with van der Waals surface area (Å²) in [7, 11) is 1.61. The van der Waals surface area contributed by atoms with Gasteiger partial charge in [-0.15, -0.1) is 0 Å². The van der Waals surface area contributed by atoms with E-state index in [4.69, 9.17) is 4.74 Å². The third-order valence-corrected chi connectivity index (χ3v) is 6.34. The Hall–Kier alpha value is -4.14. The average molecular weight is 477 g/mol. The van der Waals surface area contributed by atoms with Crippen LogP contribution in [0.1, 0.15) is 52.9 Å². The fourth-order valence-corrected chi connectivity index (χ4v) is 4.43. The van der Waals surface area contributed by atoms with Crippen LogP contribution in [-0.2, 0) is 23.1 Å². The van der Waals surface area contributed by atoms with Crippen LogP contribution in [0.15, 0.2) is 54.7 Å². The number of aromatic carboxylic acids is 1. The first-order valence-electron chi connectivity index (χ1n) is 11.5. The summed E-state index contributed by atoms with van der Waals surface area (Å²) in [5.41, 5.74) is 4.99. The highest BCUT2D eigenvalue weighted by Crippen LogP contribution is 2.44. The fraction of sp³-hybridized carbons (Fsp3) is 0.308. The molecule has 9 heteroatoms. The summed E-state index contributed by atoms with van der Waals surface area (Å²) >= 11 is 0. The topological polar surface area (TPSA) is 123 Å². The minimum atomic E-state index is -1.11. The van der Waals surface area contributed by atoms with Crippen molar-refractivity contribution in [3.05, 3.63) is 77.1 Å². The van der Waals surface area contributed by atoms with Crippen molar-refractivity contribution in [3.8, 4) is 11.1 Å². The molecule has 0 spiro atoms. The molecule has 1 aromatic heterocycles. The lowest BCUT2D eigenvalue weighted by Crippen LogP contribution is -2.39. The number of fused-ring (bicyclic) bond motifs is 3. The summed E-state index contributed by atoms with van der Waals surface area (Å²) in [6.45, 7) is 2.09. The second kappa shape index (κ2) is 10.4. The summed E-state index contributed by atoms with van der Waals surface area (Å²) in [6, 6.07) is 15.8. The molecule has 3 N–H and O–H groups in total. The number of benzene rings is 2. The molecule has 1 atom stereocenters. The number of aryl methyl sites for hydroxylation is 1. The van der Waals surface area contributed by atoms with E-state index in [0.717, 1.165) is 22.3 Å². The Morgan fingerprint density at radius 1 is 1.09 bits per heavy atom. The number of carbonyl (C=O) groups is 3. The maximum atomic E-state index is 12.5. The summed E-state index contributed by atoms with van der Waals surface area (Å²) in [4.78, 5) is 36.3. The minimum absolute atomic E-state index is 0.0261. The molecule has 1 aliphatic carbocycles. The third kappa shape index (κ3) is 5.18. The number of rotatable bonds is 9. The van der Waals surface area contributed by atoms with Gasteiger partial charge in [-0.1, -0.05) is 55.5 Å². The molecule has 2 aromatic carbocycles. The zero-order valence-electron chi connectivity index (χ0n) is 19.7. The monoisotopic (exact) mass is 476 g/mol. The molecule has 4 rings (SSSR count). The first-order chi connectivity index (χ1) is 16.9. The lowest BCUT2D eigenvalue weighted by atomic mass is 9.98. The number of hydrogen-bond acceptors (Lipinski definition) is 5. The molecule has 9 nitrogen and oxygen atoms in total. The van der Waals surface area contributed by atoms with Gasteiger partial charge in [-0.3, -0.25) is 9.48 Å². The van der Waals surface area contributed by atoms with Gasteiger partial charge in [0.2, 0.25) is 5.91 Å². The van der Waals surface area contributed by atoms with Gasteiger partial charge in [-0.05, 0) is 28.7 Å². The molecule has 0 unspecified atom stereocenters. The van der Waals surface area contributed by atoms with Crippen molar-refractivity contribution in [1.29, 1.82) is 0 Å². The van der Waals surface area contributed by atoms with E-state index in [1.165, 1.54) is 10.9 Å². The van der Waals surface area contributed by atoms with Crippen molar-refractivity contribution in [1.82, 2.24) is 20.4 Å². The Labute approximate surface area is 203 Å². The molecule has 1 aliphatic rings. The molecule has 182 valence electrons. The number of nitrogens with one attached hydrogen (secondary N) is 2. The van der Waals surface area contributed by atoms with Crippen molar-refractivity contribution in [3.63, 3.8) is 0 Å². The van der Waals surface area contributed by atoms with Crippen molar-refractivity contribution < 1.29 is 24.2 Å². The van der Waals surface area contributed by atoms with E-state index in [-0.39, 0.29) is 37.0 Å². The normalized spacial score (nSPS) is 13.0. The molecule has 0 fully saturated rings. The molecular formula is C26H28N4O5. The molecule has 2 amide bonds. The van der Waals surface area contributed by atoms with E-state index in [1.54, 1.807) is 7.05 Å². The van der Waals surface area contributed by atoms with Gasteiger partial charge in [-0.25, -0.2) is 9.59 Å². The number of hydrogen-bond donors (Lipinski definition) is 3. The van der Waals surface area contributed by atoms with Gasteiger partial charge in [0.25, 0.3) is 0 Å². The molecule has 3 aromatic rings. The van der Waals surface area contributed by atoms with Crippen LogP contribution in [0.3, 0.4) is 0 Å². The second-order valence-electron chi connectivity index (χ2n) is 8.49. The van der Waals surface area contributed by atoms with Gasteiger partial charge in [0, 0.05) is 25.4 Å². The quantitative estimate of drug-likeness (QED) is 0.435. The lowest BCUT2D eigenvalue weighted by Gasteiger charge is -2.19. The smallest absolute Gasteiger partial charge is 0.407 e. The van der Waals surface area contributed by atoms with Crippen LogP contribution < -0.4 is 10.6 Å². The van der Waals surface area contributed by atoms with E-state index in [2.05, 4.69) is 40.0 Å². The zero-order chi connectivity index (χ0) is 24.9. The van der Waals surface area contributed by atoms with Crippen LogP contribution >= 0.6 is 0 Å². The summed E-state index contributed by atoms with van der Waals surface area (Å²) < 4.78 is 6.98. The first-order valence-corrected chi connectivity index (χ1v) is 11.5. The van der Waals surface area contributed by atoms with E-state index in [9.17, 15) is 19.5 Å². The summed E-state index contributed by atoms with van der Waals surface area (Å²) in [5, 5.41) is 18.6. The van der Waals surface area contributed by atoms with Gasteiger partial charge < -0.3 is 20.5 Å². The highest BCUT2D eigenvalue weighted by atomic mass is 16.5. The molecule has 0 saturated carbocycles. The first kappa shape index (κ1) is 24.0. The van der Waals surface area contributed by atoms with Crippen LogP contribution in [0.2, 0.25) is 0 Å². The molecule has 0 radical (unpaired) electrons. The predicted molar refractivity (Wildman–Crippen MR) is 129 cm³/mol. The Morgan fingerprint density at radius 3 is 2.31 bits per heavy atom. The van der Waals surface area contributed by atoms with Crippen LogP contribution in [0.25, 0.3) is 11.1 Å². The van der Waals surface area contributed by atoms with Gasteiger partial charge in [0.15, 0.2) is 0 Å². The number of carboxylic acid groups (broad SMARTS) is 1. The molecule has 0 aliphatic heterocycles. The van der Waals surface area contributed by atoms with Crippen molar-refractivity contribution in [2.75, 3.05) is 6.61 Å². The second-order valence-corrected chi connectivity index (χ2v) is 8.49. The summed E-state index contributed by atoms with van der Waals surface area (Å²) in [5.74, 6) is -1.46. The van der Waals surface area contributed by atoms with E-state index in [0.29, 0.717) is 12.1 Å². The molecular weight excluding hydrogens is 448 g/mol. The number of carbonyl (C=O) groups excluding carboxylic acids is 2. The highest BCUT2D eigenvalue weighted by molar-refractivity contribution is 5.89. The van der Waals surface area contributed by atoms with Gasteiger partial charge in [-0.2, -0.15) is 5.10 Å². The number of ether oxygens (including phenoxy) is 1. The van der Waals surface area contributed by atoms with Crippen LogP contribution in [0, 0.1) is 0 Å². The molecule has 0 saturated heterocycles. The zero-order valence-corrected chi connectivity index (χ0v) is 19.7. The van der Waals surface area contributed by atoms with Crippen molar-refractivity contribution in [2.24, 2.45) is 7.05 Å². The molecule has 35 heavy (non-hydrogen) atoms. The highest BCUT2D eigenvalue weighted by Gasteiger charge is 2.29. The standard InChI is InChI=1S/C26H28N4O5/c1-3-16(12-24(31)27-14-23-21(25(32)33)13-28-30(23)2)29-26(34)35-15-22-19-10-6-4-8-17(19)18-9-5-7-11-20(18)22/h4-11,13,16,22H,3,12,14-15H2,1-2H3,(H,27,31)(H,29,34)(H,32,33)/t16-/m0/s1. The minimum Gasteiger partial charge on any atom is -0.478 e. The fourth-order valence-electron chi connectivity index (χ4n) is 4.43. The van der Waals surface area contributed by atoms with Crippen LogP contribution in [0.4, 0.5) is 4.79 Å². The van der Waals surface area contributed by atoms with Crippen LogP contribution in [-0.4, -0.2) is 45.5 Å². The van der Waals surface area contributed by atoms with Gasteiger partial charge >= 0.3 is 12.1 Å². The van der Waals surface area contributed by atoms with Gasteiger partial charge in [0.1, 0.15) is 12.2 Å². The number of amides is 2. The van der Waals surface area contributed by atoms with E-state index in [1.807, 2.05) is 31.2 Å². The van der Waals surface area contributed by atoms with E-state index >= 15 is 0 Å². The summed E-state index contributed by atoms with van der Waals surface area (Å²) in [6.07, 6.45) is 1.24. The number of nitrogens with zero attached hydrogens (tertiary/aromatic N) is 2. The average Bonchev–Trinajstić information content (AvgIpc) is 3.38. The van der Waals surface area contributed by atoms with E-state index < -0.39 is 18.1 Å². The maximum Gasteiger partial charge on any atom is 0.407 e. The molecule has 1 heterocycles. The lowest BCUT2D eigenvalue weighted by molar-refractivity contribution is -0.121. The Kier molecular flexibility index (Phi) is 7.14. The Balaban J connectivity index is 1.30. The largest absolute Gasteiger partial charge is 0.478 e. The third-order valence-electron chi connectivity index (χ3n) is 6.34. The Bertz CT molecular complexity index is 1210. The molecule has 0 bridgehead atoms. The van der Waals surface area contributed by atoms with Crippen LogP contribution in [0.5, 0.6) is 0 Å². The number of aromatic nitrogens is 2.